The van der Waals surface area contributed by atoms with Crippen molar-refractivity contribution in [3.05, 3.63) is 5.82 Å². The van der Waals surface area contributed by atoms with E-state index in [9.17, 15) is 4.79 Å². The molecule has 0 aromatic carbocycles. The fourth-order valence-electron chi connectivity index (χ4n) is 2.48. The van der Waals surface area contributed by atoms with Gasteiger partial charge in [-0.15, -0.1) is 5.10 Å². The fourth-order valence-corrected chi connectivity index (χ4v) is 2.48. The summed E-state index contributed by atoms with van der Waals surface area (Å²) in [6, 6.07) is -0.172. The molecule has 0 amide bonds. The maximum absolute atomic E-state index is 10.9. The second-order valence-electron chi connectivity index (χ2n) is 4.92. The molecule has 1 aromatic heterocycles. The normalized spacial score (nSPS) is 20.6. The smallest absolute Gasteiger partial charge is 0.305 e. The third-order valence-electron chi connectivity index (χ3n) is 3.37. The van der Waals surface area contributed by atoms with E-state index in [0.717, 1.165) is 38.1 Å². The van der Waals surface area contributed by atoms with E-state index in [1.54, 1.807) is 4.68 Å². The van der Waals surface area contributed by atoms with Gasteiger partial charge in [0.05, 0.1) is 18.6 Å². The average Bonchev–Trinajstić information content (AvgIpc) is 3.00. The third-order valence-corrected chi connectivity index (χ3v) is 3.37. The highest BCUT2D eigenvalue weighted by Gasteiger charge is 2.23. The number of aliphatic carboxylic acids is 1. The van der Waals surface area contributed by atoms with E-state index in [-0.39, 0.29) is 18.6 Å². The van der Waals surface area contributed by atoms with Gasteiger partial charge in [0.2, 0.25) is 0 Å². The van der Waals surface area contributed by atoms with E-state index in [0.29, 0.717) is 6.42 Å². The number of carboxylic acids is 1. The molecule has 1 N–H and O–H groups in total. The lowest BCUT2D eigenvalue weighted by Crippen LogP contribution is -2.20. The van der Waals surface area contributed by atoms with Crippen molar-refractivity contribution < 1.29 is 14.6 Å². The van der Waals surface area contributed by atoms with Gasteiger partial charge in [0, 0.05) is 13.0 Å². The van der Waals surface area contributed by atoms with Gasteiger partial charge in [-0.05, 0) is 29.7 Å². The Morgan fingerprint density at radius 3 is 3.11 bits per heavy atom. The number of tetrazole rings is 1. The first kappa shape index (κ1) is 13.9. The van der Waals surface area contributed by atoms with E-state index in [1.807, 2.05) is 6.92 Å². The van der Waals surface area contributed by atoms with Crippen molar-refractivity contribution in [3.8, 4) is 0 Å². The zero-order valence-corrected chi connectivity index (χ0v) is 11.2. The summed E-state index contributed by atoms with van der Waals surface area (Å²) in [5.74, 6) is -0.0939. The molecule has 7 nitrogen and oxygen atoms in total. The molecule has 2 heterocycles. The first-order valence-corrected chi connectivity index (χ1v) is 6.80. The molecule has 19 heavy (non-hydrogen) atoms. The number of carboxylic acid groups (broad SMARTS) is 1. The van der Waals surface area contributed by atoms with E-state index in [2.05, 4.69) is 15.5 Å². The summed E-state index contributed by atoms with van der Waals surface area (Å²) in [6.45, 7) is 2.82. The van der Waals surface area contributed by atoms with Gasteiger partial charge in [0.25, 0.3) is 0 Å². The van der Waals surface area contributed by atoms with Crippen LogP contribution >= 0.6 is 0 Å². The number of nitrogens with zero attached hydrogens (tertiary/aromatic N) is 4. The minimum Gasteiger partial charge on any atom is -0.481 e. The van der Waals surface area contributed by atoms with Crippen molar-refractivity contribution in [2.24, 2.45) is 0 Å². The summed E-state index contributed by atoms with van der Waals surface area (Å²) in [4.78, 5) is 10.9. The number of hydrogen-bond acceptors (Lipinski definition) is 5. The summed E-state index contributed by atoms with van der Waals surface area (Å²) >= 11 is 0. The minimum atomic E-state index is -0.822. The van der Waals surface area contributed by atoms with Gasteiger partial charge in [-0.1, -0.05) is 13.3 Å². The number of hydrogen-bond donors (Lipinski definition) is 1. The predicted molar refractivity (Wildman–Crippen MR) is 66.7 cm³/mol. The second-order valence-corrected chi connectivity index (χ2v) is 4.92. The van der Waals surface area contributed by atoms with Crippen LogP contribution in [0.25, 0.3) is 0 Å². The summed E-state index contributed by atoms with van der Waals surface area (Å²) in [5.41, 5.74) is 0. The van der Waals surface area contributed by atoms with Crippen LogP contribution in [0.15, 0.2) is 0 Å². The Bertz CT molecular complexity index is 415. The zero-order valence-electron chi connectivity index (χ0n) is 11.2. The van der Waals surface area contributed by atoms with Crippen LogP contribution in [-0.4, -0.2) is 44.0 Å². The molecule has 0 saturated carbocycles. The van der Waals surface area contributed by atoms with Gasteiger partial charge < -0.3 is 9.84 Å². The van der Waals surface area contributed by atoms with Gasteiger partial charge in [0.15, 0.2) is 5.82 Å². The molecule has 0 bridgehead atoms. The topological polar surface area (TPSA) is 90.1 Å². The van der Waals surface area contributed by atoms with Crippen molar-refractivity contribution >= 4 is 5.97 Å². The van der Waals surface area contributed by atoms with Gasteiger partial charge in [-0.3, -0.25) is 4.79 Å². The minimum absolute atomic E-state index is 0.0530. The van der Waals surface area contributed by atoms with Crippen molar-refractivity contribution in [2.45, 2.75) is 57.6 Å². The van der Waals surface area contributed by atoms with Crippen molar-refractivity contribution in [1.82, 2.24) is 20.2 Å². The first-order valence-electron chi connectivity index (χ1n) is 6.80. The molecule has 7 heteroatoms. The number of aromatic nitrogens is 4. The summed E-state index contributed by atoms with van der Waals surface area (Å²) in [5, 5.41) is 20.7. The molecular formula is C12H20N4O3. The largest absolute Gasteiger partial charge is 0.481 e. The highest BCUT2D eigenvalue weighted by Crippen LogP contribution is 2.21. The molecule has 2 unspecified atom stereocenters. The Balaban J connectivity index is 2.08. The molecule has 0 radical (unpaired) electrons. The van der Waals surface area contributed by atoms with Crippen LogP contribution in [0.2, 0.25) is 0 Å². The average molecular weight is 268 g/mol. The van der Waals surface area contributed by atoms with E-state index < -0.39 is 5.97 Å². The van der Waals surface area contributed by atoms with E-state index >= 15 is 0 Å². The molecule has 1 aliphatic heterocycles. The Morgan fingerprint density at radius 1 is 1.63 bits per heavy atom. The molecule has 1 aliphatic rings. The SMILES string of the molecule is CCCC(CC(=O)O)n1nnnc1CC1CCCO1. The predicted octanol–water partition coefficient (Wildman–Crippen LogP) is 1.21. The Labute approximate surface area is 111 Å². The number of rotatable bonds is 7. The lowest BCUT2D eigenvalue weighted by Gasteiger charge is -2.16. The van der Waals surface area contributed by atoms with Crippen molar-refractivity contribution in [2.75, 3.05) is 6.61 Å². The van der Waals surface area contributed by atoms with Gasteiger partial charge in [-0.25, -0.2) is 4.68 Å². The van der Waals surface area contributed by atoms with Gasteiger partial charge in [-0.2, -0.15) is 0 Å². The van der Waals surface area contributed by atoms with Crippen molar-refractivity contribution in [3.63, 3.8) is 0 Å². The van der Waals surface area contributed by atoms with Crippen LogP contribution in [-0.2, 0) is 16.0 Å². The molecule has 2 atom stereocenters. The third kappa shape index (κ3) is 3.73. The molecule has 1 saturated heterocycles. The molecule has 0 aliphatic carbocycles. The summed E-state index contributed by atoms with van der Waals surface area (Å²) in [7, 11) is 0. The maximum Gasteiger partial charge on any atom is 0.305 e. The number of ether oxygens (including phenoxy) is 1. The molecule has 0 spiro atoms. The lowest BCUT2D eigenvalue weighted by atomic mass is 10.1. The second kappa shape index (κ2) is 6.60. The molecule has 2 rings (SSSR count). The Hall–Kier alpha value is -1.50. The van der Waals surface area contributed by atoms with Gasteiger partial charge >= 0.3 is 5.97 Å². The first-order chi connectivity index (χ1) is 9.20. The zero-order chi connectivity index (χ0) is 13.7. The molecule has 1 aromatic rings. The Morgan fingerprint density at radius 2 is 2.47 bits per heavy atom. The number of carbonyl (C=O) groups is 1. The van der Waals surface area contributed by atoms with Crippen LogP contribution in [0, 0.1) is 0 Å². The van der Waals surface area contributed by atoms with Crippen LogP contribution in [0.4, 0.5) is 0 Å². The monoisotopic (exact) mass is 268 g/mol. The van der Waals surface area contributed by atoms with Crippen LogP contribution in [0.3, 0.4) is 0 Å². The quantitative estimate of drug-likeness (QED) is 0.799. The highest BCUT2D eigenvalue weighted by molar-refractivity contribution is 5.67. The van der Waals surface area contributed by atoms with Crippen LogP contribution in [0.5, 0.6) is 0 Å². The molecule has 1 fully saturated rings. The lowest BCUT2D eigenvalue weighted by molar-refractivity contribution is -0.138. The standard InChI is InChI=1S/C12H20N4O3/c1-2-4-9(7-12(17)18)16-11(13-14-15-16)8-10-5-3-6-19-10/h9-10H,2-8H2,1H3,(H,17,18). The molecular weight excluding hydrogens is 248 g/mol. The summed E-state index contributed by atoms with van der Waals surface area (Å²) in [6.07, 6.45) is 4.62. The maximum atomic E-state index is 10.9. The van der Waals surface area contributed by atoms with Crippen molar-refractivity contribution in [1.29, 1.82) is 0 Å². The molecule has 106 valence electrons. The fraction of sp³-hybridized carbons (Fsp3) is 0.833. The highest BCUT2D eigenvalue weighted by atomic mass is 16.5. The summed E-state index contributed by atoms with van der Waals surface area (Å²) < 4.78 is 7.24. The van der Waals surface area contributed by atoms with Crippen LogP contribution < -0.4 is 0 Å². The van der Waals surface area contributed by atoms with Crippen LogP contribution in [0.1, 0.15) is 50.9 Å². The van der Waals surface area contributed by atoms with E-state index in [4.69, 9.17) is 9.84 Å². The van der Waals surface area contributed by atoms with E-state index in [1.165, 1.54) is 0 Å². The van der Waals surface area contributed by atoms with Gasteiger partial charge in [0.1, 0.15) is 0 Å². The Kier molecular flexibility index (Phi) is 4.84.